The van der Waals surface area contributed by atoms with Crippen LogP contribution in [0.4, 0.5) is 8.78 Å². The van der Waals surface area contributed by atoms with Gasteiger partial charge in [0.1, 0.15) is 17.3 Å². The second kappa shape index (κ2) is 5.35. The van der Waals surface area contributed by atoms with Crippen molar-refractivity contribution in [3.63, 3.8) is 0 Å². The van der Waals surface area contributed by atoms with Gasteiger partial charge in [0.25, 0.3) is 0 Å². The van der Waals surface area contributed by atoms with Crippen LogP contribution in [0.2, 0.25) is 0 Å². The molecule has 0 aliphatic heterocycles. The van der Waals surface area contributed by atoms with Gasteiger partial charge in [-0.1, -0.05) is 0 Å². The standard InChI is InChI=1S/C14H11F2N5/c1-17-7-13-11-4-10(15)5-19-14(11)21(20-13)8-9-2-3-18-6-12(9)16/h2-7H,8H2,1H3. The molecule has 0 aromatic carbocycles. The molecule has 3 aromatic heterocycles. The first-order valence-corrected chi connectivity index (χ1v) is 6.21. The van der Waals surface area contributed by atoms with E-state index in [0.717, 1.165) is 12.4 Å². The highest BCUT2D eigenvalue weighted by Crippen LogP contribution is 2.18. The normalized spacial score (nSPS) is 11.6. The Morgan fingerprint density at radius 3 is 2.95 bits per heavy atom. The highest BCUT2D eigenvalue weighted by atomic mass is 19.1. The number of aromatic nitrogens is 4. The smallest absolute Gasteiger partial charge is 0.158 e. The molecule has 0 fully saturated rings. The maximum atomic E-state index is 13.7. The summed E-state index contributed by atoms with van der Waals surface area (Å²) >= 11 is 0. The van der Waals surface area contributed by atoms with Crippen LogP contribution in [0.5, 0.6) is 0 Å². The van der Waals surface area contributed by atoms with Crippen molar-refractivity contribution < 1.29 is 8.78 Å². The summed E-state index contributed by atoms with van der Waals surface area (Å²) in [6.45, 7) is 0.182. The number of hydrogen-bond acceptors (Lipinski definition) is 4. The largest absolute Gasteiger partial charge is 0.294 e. The van der Waals surface area contributed by atoms with Gasteiger partial charge in [0, 0.05) is 25.0 Å². The number of pyridine rings is 2. The van der Waals surface area contributed by atoms with Gasteiger partial charge in [-0.25, -0.2) is 18.4 Å². The van der Waals surface area contributed by atoms with Crippen LogP contribution < -0.4 is 0 Å². The summed E-state index contributed by atoms with van der Waals surface area (Å²) < 4.78 is 28.5. The third-order valence-electron chi connectivity index (χ3n) is 3.01. The molecule has 0 saturated heterocycles. The van der Waals surface area contributed by atoms with Crippen molar-refractivity contribution in [3.05, 3.63) is 53.6 Å². The molecule has 21 heavy (non-hydrogen) atoms. The number of nitrogens with zero attached hydrogens (tertiary/aromatic N) is 5. The lowest BCUT2D eigenvalue weighted by Crippen LogP contribution is -2.05. The zero-order valence-electron chi connectivity index (χ0n) is 11.2. The fraction of sp³-hybridized carbons (Fsp3) is 0.143. The van der Waals surface area contributed by atoms with Crippen LogP contribution in [-0.2, 0) is 6.54 Å². The lowest BCUT2D eigenvalue weighted by Gasteiger charge is -2.03. The maximum Gasteiger partial charge on any atom is 0.158 e. The Kier molecular flexibility index (Phi) is 3.39. The molecule has 106 valence electrons. The van der Waals surface area contributed by atoms with Crippen LogP contribution in [0.1, 0.15) is 11.3 Å². The summed E-state index contributed by atoms with van der Waals surface area (Å²) in [5.41, 5.74) is 1.40. The van der Waals surface area contributed by atoms with Crippen molar-refractivity contribution in [2.45, 2.75) is 6.54 Å². The van der Waals surface area contributed by atoms with Gasteiger partial charge in [-0.2, -0.15) is 5.10 Å². The minimum Gasteiger partial charge on any atom is -0.294 e. The Morgan fingerprint density at radius 1 is 1.33 bits per heavy atom. The van der Waals surface area contributed by atoms with Crippen molar-refractivity contribution >= 4 is 17.2 Å². The van der Waals surface area contributed by atoms with E-state index >= 15 is 0 Å². The monoisotopic (exact) mass is 287 g/mol. The molecule has 0 aliphatic carbocycles. The Morgan fingerprint density at radius 2 is 2.19 bits per heavy atom. The summed E-state index contributed by atoms with van der Waals surface area (Å²) in [5.74, 6) is -0.878. The second-order valence-corrected chi connectivity index (χ2v) is 4.42. The minimum atomic E-state index is -0.456. The van der Waals surface area contributed by atoms with E-state index in [2.05, 4.69) is 20.1 Å². The molecule has 0 amide bonds. The molecule has 3 aromatic rings. The van der Waals surface area contributed by atoms with Gasteiger partial charge < -0.3 is 0 Å². The van der Waals surface area contributed by atoms with E-state index in [1.54, 1.807) is 13.1 Å². The molecule has 3 rings (SSSR count). The number of hydrogen-bond donors (Lipinski definition) is 0. The van der Waals surface area contributed by atoms with Gasteiger partial charge in [-0.3, -0.25) is 9.98 Å². The van der Waals surface area contributed by atoms with Gasteiger partial charge in [-0.05, 0) is 12.1 Å². The van der Waals surface area contributed by atoms with E-state index in [-0.39, 0.29) is 6.54 Å². The van der Waals surface area contributed by atoms with Crippen molar-refractivity contribution in [2.75, 3.05) is 7.05 Å². The summed E-state index contributed by atoms with van der Waals surface area (Å²) in [6.07, 6.45) is 5.27. The zero-order chi connectivity index (χ0) is 14.8. The predicted molar refractivity (Wildman–Crippen MR) is 74.3 cm³/mol. The van der Waals surface area contributed by atoms with Gasteiger partial charge >= 0.3 is 0 Å². The van der Waals surface area contributed by atoms with Gasteiger partial charge in [0.05, 0.1) is 24.3 Å². The van der Waals surface area contributed by atoms with Crippen LogP contribution in [0.15, 0.2) is 35.7 Å². The average Bonchev–Trinajstić information content (AvgIpc) is 2.79. The molecular formula is C14H11F2N5. The van der Waals surface area contributed by atoms with Crippen molar-refractivity contribution in [1.29, 1.82) is 0 Å². The number of rotatable bonds is 3. The first kappa shape index (κ1) is 13.3. The SMILES string of the molecule is CN=Cc1nn(Cc2ccncc2F)c2ncc(F)cc12. The van der Waals surface area contributed by atoms with Crippen LogP contribution in [0.25, 0.3) is 11.0 Å². The maximum absolute atomic E-state index is 13.7. The van der Waals surface area contributed by atoms with E-state index < -0.39 is 11.6 Å². The Hall–Kier alpha value is -2.70. The Balaban J connectivity index is 2.13. The summed E-state index contributed by atoms with van der Waals surface area (Å²) in [7, 11) is 1.60. The Bertz CT molecular complexity index is 825. The molecular weight excluding hydrogens is 276 g/mol. The quantitative estimate of drug-likeness (QED) is 0.694. The first-order chi connectivity index (χ1) is 10.2. The van der Waals surface area contributed by atoms with Crippen LogP contribution >= 0.6 is 0 Å². The molecule has 3 heterocycles. The second-order valence-electron chi connectivity index (χ2n) is 4.42. The number of fused-ring (bicyclic) bond motifs is 1. The molecule has 0 N–H and O–H groups in total. The fourth-order valence-corrected chi connectivity index (χ4v) is 2.08. The van der Waals surface area contributed by atoms with Crippen molar-refractivity contribution in [2.24, 2.45) is 4.99 Å². The molecule has 0 saturated carbocycles. The number of aliphatic imine (C=N–C) groups is 1. The Labute approximate surface area is 119 Å². The molecule has 0 bridgehead atoms. The summed E-state index contributed by atoms with van der Waals surface area (Å²) in [4.78, 5) is 11.6. The van der Waals surface area contributed by atoms with Gasteiger partial charge in [0.2, 0.25) is 0 Å². The van der Waals surface area contributed by atoms with Crippen LogP contribution in [-0.4, -0.2) is 33.0 Å². The third-order valence-corrected chi connectivity index (χ3v) is 3.01. The topological polar surface area (TPSA) is 56.0 Å². The zero-order valence-corrected chi connectivity index (χ0v) is 11.2. The average molecular weight is 287 g/mol. The van der Waals surface area contributed by atoms with E-state index in [1.807, 2.05) is 0 Å². The number of halogens is 2. The fourth-order valence-electron chi connectivity index (χ4n) is 2.08. The lowest BCUT2D eigenvalue weighted by molar-refractivity contribution is 0.582. The predicted octanol–water partition coefficient (Wildman–Crippen LogP) is 2.20. The van der Waals surface area contributed by atoms with Crippen LogP contribution in [0.3, 0.4) is 0 Å². The van der Waals surface area contributed by atoms with Crippen molar-refractivity contribution in [3.8, 4) is 0 Å². The molecule has 0 spiro atoms. The van der Waals surface area contributed by atoms with E-state index in [9.17, 15) is 8.78 Å². The summed E-state index contributed by atoms with van der Waals surface area (Å²) in [5, 5.41) is 4.84. The molecule has 0 radical (unpaired) electrons. The van der Waals surface area contributed by atoms with E-state index in [1.165, 1.54) is 23.2 Å². The van der Waals surface area contributed by atoms with Crippen LogP contribution in [0, 0.1) is 11.6 Å². The van der Waals surface area contributed by atoms with Gasteiger partial charge in [0.15, 0.2) is 5.65 Å². The summed E-state index contributed by atoms with van der Waals surface area (Å²) in [6, 6.07) is 2.91. The highest BCUT2D eigenvalue weighted by molar-refractivity contribution is 5.95. The van der Waals surface area contributed by atoms with E-state index in [0.29, 0.717) is 22.3 Å². The lowest BCUT2D eigenvalue weighted by atomic mass is 10.2. The molecule has 0 unspecified atom stereocenters. The molecule has 5 nitrogen and oxygen atoms in total. The van der Waals surface area contributed by atoms with E-state index in [4.69, 9.17) is 0 Å². The minimum absolute atomic E-state index is 0.182. The first-order valence-electron chi connectivity index (χ1n) is 6.21. The highest BCUT2D eigenvalue weighted by Gasteiger charge is 2.13. The molecule has 0 atom stereocenters. The molecule has 7 heteroatoms. The van der Waals surface area contributed by atoms with Gasteiger partial charge in [-0.15, -0.1) is 0 Å². The third kappa shape index (κ3) is 2.49. The molecule has 0 aliphatic rings. The van der Waals surface area contributed by atoms with Crippen molar-refractivity contribution in [1.82, 2.24) is 19.7 Å².